The smallest absolute Gasteiger partial charge is 0.340 e. The number of rotatable bonds is 5. The maximum absolute atomic E-state index is 12.7. The lowest BCUT2D eigenvalue weighted by atomic mass is 10.1. The van der Waals surface area contributed by atoms with Crippen molar-refractivity contribution < 1.29 is 32.2 Å². The van der Waals surface area contributed by atoms with Crippen LogP contribution in [-0.4, -0.2) is 30.0 Å². The Hall–Kier alpha value is -1.79. The molecule has 1 aromatic rings. The number of carboxylic acids is 1. The Bertz CT molecular complexity index is 446. The monoisotopic (exact) mass is 266 g/mol. The molecule has 0 aliphatic heterocycles. The molecule has 18 heavy (non-hydrogen) atoms. The second-order valence-electron chi connectivity index (χ2n) is 3.61. The number of ether oxygens (including phenoxy) is 1. The zero-order valence-corrected chi connectivity index (χ0v) is 9.29. The van der Waals surface area contributed by atoms with E-state index in [9.17, 15) is 22.4 Å². The second-order valence-corrected chi connectivity index (χ2v) is 3.61. The summed E-state index contributed by atoms with van der Waals surface area (Å²) in [6.45, 7) is -0.141. The van der Waals surface area contributed by atoms with Gasteiger partial charge in [0.25, 0.3) is 0 Å². The fourth-order valence-corrected chi connectivity index (χ4v) is 1.24. The number of carbonyl (C=O) groups is 1. The number of para-hydroxylation sites is 1. The molecule has 0 fully saturated rings. The highest BCUT2D eigenvalue weighted by Crippen LogP contribution is 2.28. The topological polar surface area (TPSA) is 46.5 Å². The molecule has 0 aliphatic carbocycles. The van der Waals surface area contributed by atoms with Gasteiger partial charge in [-0.15, -0.1) is 0 Å². The molecular formula is C11H10F4O3. The molecule has 0 saturated heterocycles. The lowest BCUT2D eigenvalue weighted by Gasteiger charge is -2.18. The minimum Gasteiger partial charge on any atom is -0.486 e. The molecule has 0 saturated carbocycles. The van der Waals surface area contributed by atoms with Crippen molar-refractivity contribution in [3.05, 3.63) is 29.3 Å². The minimum atomic E-state index is -4.32. The first-order valence-electron chi connectivity index (χ1n) is 4.87. The van der Waals surface area contributed by atoms with E-state index in [2.05, 4.69) is 4.74 Å². The summed E-state index contributed by atoms with van der Waals surface area (Å²) >= 11 is 0. The van der Waals surface area contributed by atoms with Crippen molar-refractivity contribution in [3.63, 3.8) is 0 Å². The van der Waals surface area contributed by atoms with E-state index in [1.807, 2.05) is 0 Å². The van der Waals surface area contributed by atoms with Crippen LogP contribution >= 0.6 is 0 Å². The van der Waals surface area contributed by atoms with Crippen molar-refractivity contribution in [1.82, 2.24) is 0 Å². The predicted octanol–water partition coefficient (Wildman–Crippen LogP) is 2.97. The van der Waals surface area contributed by atoms with Crippen LogP contribution in [0.25, 0.3) is 0 Å². The fourth-order valence-electron chi connectivity index (χ4n) is 1.24. The maximum Gasteiger partial charge on any atom is 0.340 e. The molecule has 0 aromatic heterocycles. The first-order chi connectivity index (χ1) is 8.25. The summed E-state index contributed by atoms with van der Waals surface area (Å²) in [6, 6.07) is 3.98. The molecule has 1 aromatic carbocycles. The van der Waals surface area contributed by atoms with E-state index in [0.717, 1.165) is 6.07 Å². The maximum atomic E-state index is 12.7. The quantitative estimate of drug-likeness (QED) is 0.833. The Labute approximate surface area is 100.0 Å². The fraction of sp³-hybridized carbons (Fsp3) is 0.364. The van der Waals surface area contributed by atoms with Crippen molar-refractivity contribution in [2.24, 2.45) is 0 Å². The summed E-state index contributed by atoms with van der Waals surface area (Å²) in [7, 11) is 0. The van der Waals surface area contributed by atoms with Gasteiger partial charge < -0.3 is 9.84 Å². The summed E-state index contributed by atoms with van der Waals surface area (Å²) in [6.07, 6.45) is -3.87. The Morgan fingerprint density at radius 3 is 2.56 bits per heavy atom. The van der Waals surface area contributed by atoms with E-state index >= 15 is 0 Å². The molecule has 0 radical (unpaired) electrons. The number of aryl methyl sites for hydroxylation is 1. The first kappa shape index (κ1) is 14.3. The van der Waals surface area contributed by atoms with Gasteiger partial charge in [0, 0.05) is 0 Å². The molecule has 7 heteroatoms. The molecule has 0 spiro atoms. The van der Waals surface area contributed by atoms with Gasteiger partial charge in [-0.1, -0.05) is 12.1 Å². The van der Waals surface area contributed by atoms with Gasteiger partial charge in [-0.3, -0.25) is 0 Å². The van der Waals surface area contributed by atoms with E-state index in [-0.39, 0.29) is 16.9 Å². The van der Waals surface area contributed by atoms with E-state index in [1.165, 1.54) is 19.1 Å². The van der Waals surface area contributed by atoms with Crippen LogP contribution in [0.1, 0.15) is 15.9 Å². The molecule has 1 N–H and O–H groups in total. The van der Waals surface area contributed by atoms with Gasteiger partial charge in [0.1, 0.15) is 11.3 Å². The Balaban J connectivity index is 2.95. The molecule has 100 valence electrons. The number of benzene rings is 1. The molecule has 0 aliphatic rings. The van der Waals surface area contributed by atoms with E-state index in [4.69, 9.17) is 5.11 Å². The normalized spacial score (nSPS) is 11.7. The zero-order valence-electron chi connectivity index (χ0n) is 9.29. The van der Waals surface area contributed by atoms with Gasteiger partial charge in [-0.25, -0.2) is 13.6 Å². The third-order valence-corrected chi connectivity index (χ3v) is 2.17. The van der Waals surface area contributed by atoms with Crippen LogP contribution in [0.15, 0.2) is 18.2 Å². The summed E-state index contributed by atoms with van der Waals surface area (Å²) in [5.41, 5.74) is -0.0694. The van der Waals surface area contributed by atoms with Crippen molar-refractivity contribution in [3.8, 4) is 5.75 Å². The molecule has 0 bridgehead atoms. The van der Waals surface area contributed by atoms with Crippen molar-refractivity contribution in [2.45, 2.75) is 19.3 Å². The zero-order chi connectivity index (χ0) is 13.9. The minimum absolute atomic E-state index is 0.278. The van der Waals surface area contributed by atoms with Gasteiger partial charge in [0.05, 0.1) is 0 Å². The van der Waals surface area contributed by atoms with Crippen LogP contribution in [0.3, 0.4) is 0 Å². The molecule has 0 heterocycles. The Kier molecular flexibility index (Phi) is 4.15. The van der Waals surface area contributed by atoms with Gasteiger partial charge in [-0.05, 0) is 18.6 Å². The second kappa shape index (κ2) is 5.24. The third-order valence-electron chi connectivity index (χ3n) is 2.17. The molecule has 3 nitrogen and oxygen atoms in total. The standard InChI is InChI=1S/C11H10F4O3/c1-6-3-2-4-7(9(16)17)8(6)18-5-11(14,15)10(12)13/h2-4,10H,5H2,1H3,(H,16,17). The number of aromatic carboxylic acids is 1. The number of carboxylic acid groups (broad SMARTS) is 1. The average Bonchev–Trinajstić information content (AvgIpc) is 2.26. The van der Waals surface area contributed by atoms with Gasteiger partial charge in [0.15, 0.2) is 6.61 Å². The summed E-state index contributed by atoms with van der Waals surface area (Å²) in [5.74, 6) is -6.03. The average molecular weight is 266 g/mol. The molecule has 0 unspecified atom stereocenters. The molecule has 1 rings (SSSR count). The first-order valence-corrected chi connectivity index (χ1v) is 4.87. The summed E-state index contributed by atoms with van der Waals surface area (Å²) in [5, 5.41) is 8.81. The number of alkyl halides is 4. The Morgan fingerprint density at radius 2 is 2.06 bits per heavy atom. The highest BCUT2D eigenvalue weighted by Gasteiger charge is 2.42. The predicted molar refractivity (Wildman–Crippen MR) is 54.6 cm³/mol. The molecule has 0 atom stereocenters. The van der Waals surface area contributed by atoms with Crippen LogP contribution in [0, 0.1) is 6.92 Å². The lowest BCUT2D eigenvalue weighted by molar-refractivity contribution is -0.148. The number of hydrogen-bond acceptors (Lipinski definition) is 2. The van der Waals surface area contributed by atoms with E-state index in [1.54, 1.807) is 0 Å². The van der Waals surface area contributed by atoms with Crippen LogP contribution in [0.5, 0.6) is 5.75 Å². The largest absolute Gasteiger partial charge is 0.486 e. The highest BCUT2D eigenvalue weighted by atomic mass is 19.3. The van der Waals surface area contributed by atoms with E-state index in [0.29, 0.717) is 0 Å². The van der Waals surface area contributed by atoms with Gasteiger partial charge >= 0.3 is 18.3 Å². The van der Waals surface area contributed by atoms with Gasteiger partial charge in [0.2, 0.25) is 0 Å². The molecular weight excluding hydrogens is 256 g/mol. The Morgan fingerprint density at radius 1 is 1.44 bits per heavy atom. The lowest BCUT2D eigenvalue weighted by Crippen LogP contribution is -2.34. The van der Waals surface area contributed by atoms with Crippen LogP contribution in [-0.2, 0) is 0 Å². The highest BCUT2D eigenvalue weighted by molar-refractivity contribution is 5.91. The van der Waals surface area contributed by atoms with E-state index < -0.39 is 24.9 Å². The summed E-state index contributed by atoms with van der Waals surface area (Å²) in [4.78, 5) is 10.8. The molecule has 0 amide bonds. The van der Waals surface area contributed by atoms with Crippen molar-refractivity contribution in [2.75, 3.05) is 6.61 Å². The number of halogens is 4. The number of hydrogen-bond donors (Lipinski definition) is 1. The van der Waals surface area contributed by atoms with Crippen molar-refractivity contribution >= 4 is 5.97 Å². The van der Waals surface area contributed by atoms with Gasteiger partial charge in [-0.2, -0.15) is 8.78 Å². The SMILES string of the molecule is Cc1cccc(C(=O)O)c1OCC(F)(F)C(F)F. The van der Waals surface area contributed by atoms with Crippen LogP contribution in [0.4, 0.5) is 17.6 Å². The van der Waals surface area contributed by atoms with Crippen LogP contribution < -0.4 is 4.74 Å². The summed E-state index contributed by atoms with van der Waals surface area (Å²) < 4.78 is 53.8. The van der Waals surface area contributed by atoms with Crippen LogP contribution in [0.2, 0.25) is 0 Å². The third kappa shape index (κ3) is 3.12. The van der Waals surface area contributed by atoms with Crippen molar-refractivity contribution in [1.29, 1.82) is 0 Å².